The zero-order valence-corrected chi connectivity index (χ0v) is 32.3. The Balaban J connectivity index is 1.16. The van der Waals surface area contributed by atoms with Gasteiger partial charge in [-0.3, -0.25) is 0 Å². The molecule has 2 heterocycles. The summed E-state index contributed by atoms with van der Waals surface area (Å²) in [6.45, 7) is 0. The lowest BCUT2D eigenvalue weighted by Gasteiger charge is -2.35. The van der Waals surface area contributed by atoms with Crippen LogP contribution in [0.2, 0.25) is 0 Å². The number of para-hydroxylation sites is 3. The predicted octanol–water partition coefficient (Wildman–Crippen LogP) is 10.9. The average Bonchev–Trinajstić information content (AvgIpc) is 3.81. The quantitative estimate of drug-likeness (QED) is 0.114. The molecule has 0 saturated carbocycles. The summed E-state index contributed by atoms with van der Waals surface area (Å²) in [6.07, 6.45) is 0. The Morgan fingerprint density at radius 3 is 1.23 bits per heavy atom. The van der Waals surface area contributed by atoms with Crippen molar-refractivity contribution in [1.82, 2.24) is 9.13 Å². The standard InChI is InChI=1S/C54H38N2Si/c1-4-18-39(19-5-1)40-20-16-26-45(36-40)57(43-22-6-2-7-23-43,44-24-8-3-9-25-44)46-27-17-21-41(37-46)55-53-33-15-12-30-49(53)50-38-42(34-35-54(50)55)56-51-31-13-10-28-47(51)48-29-11-14-32-52(48)56/h1-38H. The Labute approximate surface area is 333 Å². The van der Waals surface area contributed by atoms with Crippen molar-refractivity contribution in [2.75, 3.05) is 0 Å². The molecule has 2 aromatic heterocycles. The molecule has 0 aliphatic rings. The summed E-state index contributed by atoms with van der Waals surface area (Å²) in [7, 11) is -2.86. The molecule has 57 heavy (non-hydrogen) atoms. The van der Waals surface area contributed by atoms with E-state index in [1.807, 2.05) is 0 Å². The number of aromatic nitrogens is 2. The molecular weight excluding hydrogens is 705 g/mol. The predicted molar refractivity (Wildman–Crippen MR) is 244 cm³/mol. The molecule has 0 aliphatic heterocycles. The van der Waals surface area contributed by atoms with E-state index in [4.69, 9.17) is 0 Å². The van der Waals surface area contributed by atoms with Crippen LogP contribution in [-0.4, -0.2) is 17.2 Å². The number of hydrogen-bond acceptors (Lipinski definition) is 0. The number of rotatable bonds is 7. The monoisotopic (exact) mass is 742 g/mol. The van der Waals surface area contributed by atoms with Crippen LogP contribution >= 0.6 is 0 Å². The topological polar surface area (TPSA) is 9.86 Å². The van der Waals surface area contributed by atoms with Gasteiger partial charge in [0.15, 0.2) is 8.07 Å². The molecule has 0 N–H and O–H groups in total. The molecule has 11 rings (SSSR count). The first-order valence-corrected chi connectivity index (χ1v) is 21.7. The Morgan fingerprint density at radius 1 is 0.246 bits per heavy atom. The van der Waals surface area contributed by atoms with Crippen LogP contribution in [0.25, 0.3) is 66.1 Å². The van der Waals surface area contributed by atoms with E-state index in [-0.39, 0.29) is 0 Å². The molecule has 3 heteroatoms. The van der Waals surface area contributed by atoms with Crippen LogP contribution in [0.15, 0.2) is 231 Å². The normalized spacial score (nSPS) is 11.9. The fourth-order valence-electron chi connectivity index (χ4n) is 9.40. The van der Waals surface area contributed by atoms with Gasteiger partial charge in [0.05, 0.1) is 22.1 Å². The number of benzene rings is 9. The summed E-state index contributed by atoms with van der Waals surface area (Å²) >= 11 is 0. The minimum atomic E-state index is -2.86. The third-order valence-corrected chi connectivity index (χ3v) is 16.6. The second kappa shape index (κ2) is 13.5. The van der Waals surface area contributed by atoms with Gasteiger partial charge in [0.1, 0.15) is 0 Å². The van der Waals surface area contributed by atoms with E-state index in [1.54, 1.807) is 0 Å². The average molecular weight is 743 g/mol. The zero-order chi connectivity index (χ0) is 37.8. The molecule has 0 saturated heterocycles. The Bertz CT molecular complexity index is 3140. The summed E-state index contributed by atoms with van der Waals surface area (Å²) in [4.78, 5) is 0. The highest BCUT2D eigenvalue weighted by Crippen LogP contribution is 2.37. The van der Waals surface area contributed by atoms with Crippen LogP contribution in [0.4, 0.5) is 0 Å². The van der Waals surface area contributed by atoms with Crippen molar-refractivity contribution < 1.29 is 0 Å². The van der Waals surface area contributed by atoms with Crippen LogP contribution in [0.3, 0.4) is 0 Å². The molecule has 2 nitrogen and oxygen atoms in total. The lowest BCUT2D eigenvalue weighted by Crippen LogP contribution is -2.74. The van der Waals surface area contributed by atoms with Gasteiger partial charge in [-0.15, -0.1) is 0 Å². The van der Waals surface area contributed by atoms with E-state index in [0.717, 1.165) is 11.4 Å². The zero-order valence-electron chi connectivity index (χ0n) is 31.3. The van der Waals surface area contributed by atoms with Gasteiger partial charge in [0.25, 0.3) is 0 Å². The van der Waals surface area contributed by atoms with Gasteiger partial charge in [0, 0.05) is 32.9 Å². The molecule has 0 unspecified atom stereocenters. The van der Waals surface area contributed by atoms with Crippen molar-refractivity contribution >= 4 is 72.4 Å². The van der Waals surface area contributed by atoms with Crippen LogP contribution in [-0.2, 0) is 0 Å². The first kappa shape index (κ1) is 33.2. The molecule has 268 valence electrons. The van der Waals surface area contributed by atoms with E-state index in [2.05, 4.69) is 240 Å². The van der Waals surface area contributed by atoms with Gasteiger partial charge >= 0.3 is 0 Å². The Kier molecular flexibility index (Phi) is 7.87. The summed E-state index contributed by atoms with van der Waals surface area (Å²) in [6, 6.07) is 85.3. The maximum Gasteiger partial charge on any atom is 0.179 e. The molecule has 0 fully saturated rings. The van der Waals surface area contributed by atoms with Gasteiger partial charge in [-0.25, -0.2) is 0 Å². The smallest absolute Gasteiger partial charge is 0.179 e. The number of nitrogens with zero attached hydrogens (tertiary/aromatic N) is 2. The lowest BCUT2D eigenvalue weighted by atomic mass is 10.1. The highest BCUT2D eigenvalue weighted by atomic mass is 28.3. The molecule has 11 aromatic rings. The maximum absolute atomic E-state index is 2.86. The van der Waals surface area contributed by atoms with Crippen molar-refractivity contribution in [3.05, 3.63) is 231 Å². The molecule has 0 bridgehead atoms. The van der Waals surface area contributed by atoms with Gasteiger partial charge in [-0.2, -0.15) is 0 Å². The highest BCUT2D eigenvalue weighted by molar-refractivity contribution is 7.20. The SMILES string of the molecule is c1ccc(-c2cccc([Si](c3ccccc3)(c3ccccc3)c3cccc(-n4c5ccccc5c5cc(-n6c7ccccc7c7ccccc76)ccc54)c3)c2)cc1. The van der Waals surface area contributed by atoms with Crippen LogP contribution in [0, 0.1) is 0 Å². The Morgan fingerprint density at radius 2 is 0.649 bits per heavy atom. The van der Waals surface area contributed by atoms with Crippen molar-refractivity contribution in [2.45, 2.75) is 0 Å². The highest BCUT2D eigenvalue weighted by Gasteiger charge is 2.41. The van der Waals surface area contributed by atoms with E-state index in [0.29, 0.717) is 0 Å². The third-order valence-electron chi connectivity index (χ3n) is 11.8. The van der Waals surface area contributed by atoms with Crippen molar-refractivity contribution in [3.8, 4) is 22.5 Å². The number of fused-ring (bicyclic) bond motifs is 6. The van der Waals surface area contributed by atoms with Gasteiger partial charge in [0.2, 0.25) is 0 Å². The first-order chi connectivity index (χ1) is 28.3. The molecule has 0 amide bonds. The minimum Gasteiger partial charge on any atom is -0.309 e. The van der Waals surface area contributed by atoms with E-state index < -0.39 is 8.07 Å². The van der Waals surface area contributed by atoms with Crippen molar-refractivity contribution in [3.63, 3.8) is 0 Å². The second-order valence-electron chi connectivity index (χ2n) is 14.9. The van der Waals surface area contributed by atoms with Gasteiger partial charge < -0.3 is 9.13 Å². The van der Waals surface area contributed by atoms with Crippen molar-refractivity contribution in [2.24, 2.45) is 0 Å². The molecular formula is C54H38N2Si. The first-order valence-electron chi connectivity index (χ1n) is 19.7. The molecule has 0 radical (unpaired) electrons. The van der Waals surface area contributed by atoms with Gasteiger partial charge in [-0.05, 0) is 80.4 Å². The lowest BCUT2D eigenvalue weighted by molar-refractivity contribution is 1.17. The van der Waals surface area contributed by atoms with E-state index >= 15 is 0 Å². The van der Waals surface area contributed by atoms with E-state index in [9.17, 15) is 0 Å². The minimum absolute atomic E-state index is 1.16. The second-order valence-corrected chi connectivity index (χ2v) is 18.7. The third kappa shape index (κ3) is 5.24. The largest absolute Gasteiger partial charge is 0.309 e. The van der Waals surface area contributed by atoms with E-state index in [1.165, 1.54) is 75.5 Å². The fraction of sp³-hybridized carbons (Fsp3) is 0. The fourth-order valence-corrected chi connectivity index (χ4v) is 14.2. The Hall–Kier alpha value is -7.20. The summed E-state index contributed by atoms with van der Waals surface area (Å²) in [5.41, 5.74) is 9.60. The maximum atomic E-state index is 2.48. The number of hydrogen-bond donors (Lipinski definition) is 0. The van der Waals surface area contributed by atoms with Crippen LogP contribution in [0.1, 0.15) is 0 Å². The molecule has 0 aliphatic carbocycles. The van der Waals surface area contributed by atoms with Crippen molar-refractivity contribution in [1.29, 1.82) is 0 Å². The van der Waals surface area contributed by atoms with Crippen LogP contribution in [0.5, 0.6) is 0 Å². The van der Waals surface area contributed by atoms with Gasteiger partial charge in [-0.1, -0.05) is 182 Å². The van der Waals surface area contributed by atoms with Crippen LogP contribution < -0.4 is 20.7 Å². The summed E-state index contributed by atoms with van der Waals surface area (Å²) < 4.78 is 4.89. The molecule has 0 atom stereocenters. The molecule has 0 spiro atoms. The summed E-state index contributed by atoms with van der Waals surface area (Å²) in [5, 5.41) is 10.4. The molecule has 9 aromatic carbocycles. The summed E-state index contributed by atoms with van der Waals surface area (Å²) in [5.74, 6) is 0.